The fourth-order valence-electron chi connectivity index (χ4n) is 1.31. The van der Waals surface area contributed by atoms with Crippen LogP contribution in [0.4, 0.5) is 0 Å². The lowest BCUT2D eigenvalue weighted by Crippen LogP contribution is -2.30. The molecule has 0 unspecified atom stereocenters. The van der Waals surface area contributed by atoms with E-state index >= 15 is 0 Å². The molecule has 1 fully saturated rings. The number of hydrogen-bond acceptors (Lipinski definition) is 3. The zero-order chi connectivity index (χ0) is 8.43. The van der Waals surface area contributed by atoms with Gasteiger partial charge in [-0.3, -0.25) is 4.79 Å². The number of hydrogen-bond donors (Lipinski definition) is 3. The molecule has 0 saturated heterocycles. The molecule has 64 valence electrons. The first kappa shape index (κ1) is 8.49. The van der Waals surface area contributed by atoms with Crippen molar-refractivity contribution in [3.8, 4) is 0 Å². The van der Waals surface area contributed by atoms with Gasteiger partial charge < -0.3 is 16.6 Å². The molecule has 0 aromatic heterocycles. The van der Waals surface area contributed by atoms with Crippen LogP contribution in [0.2, 0.25) is 0 Å². The fourth-order valence-corrected chi connectivity index (χ4v) is 1.31. The standard InChI is InChI=1S/C7H14N2O2/c8-3-5-1-4(5)2-6(9)7(10)11/h4-6H,1-3,8-9H2,(H,10,11)/t4-,5-,6-/m0/s1. The van der Waals surface area contributed by atoms with Crippen LogP contribution in [0.1, 0.15) is 12.8 Å². The Morgan fingerprint density at radius 3 is 2.64 bits per heavy atom. The Morgan fingerprint density at radius 2 is 2.27 bits per heavy atom. The quantitative estimate of drug-likeness (QED) is 0.509. The first-order chi connectivity index (χ1) is 5.15. The summed E-state index contributed by atoms with van der Waals surface area (Å²) < 4.78 is 0. The molecule has 0 radical (unpaired) electrons. The van der Waals surface area contributed by atoms with Crippen LogP contribution >= 0.6 is 0 Å². The Balaban J connectivity index is 2.18. The molecule has 4 nitrogen and oxygen atoms in total. The van der Waals surface area contributed by atoms with Crippen LogP contribution in [0.15, 0.2) is 0 Å². The van der Waals surface area contributed by atoms with E-state index in [0.717, 1.165) is 6.42 Å². The van der Waals surface area contributed by atoms with Gasteiger partial charge in [0.15, 0.2) is 0 Å². The first-order valence-electron chi connectivity index (χ1n) is 3.83. The maximum absolute atomic E-state index is 10.3. The number of rotatable bonds is 4. The summed E-state index contributed by atoms with van der Waals surface area (Å²) >= 11 is 0. The minimum Gasteiger partial charge on any atom is -0.480 e. The van der Waals surface area contributed by atoms with Gasteiger partial charge in [0.1, 0.15) is 6.04 Å². The predicted molar refractivity (Wildman–Crippen MR) is 40.9 cm³/mol. The third-order valence-corrected chi connectivity index (χ3v) is 2.25. The molecule has 5 N–H and O–H groups in total. The zero-order valence-electron chi connectivity index (χ0n) is 6.36. The van der Waals surface area contributed by atoms with Crippen LogP contribution in [0, 0.1) is 11.8 Å². The molecule has 0 aliphatic heterocycles. The molecular weight excluding hydrogens is 144 g/mol. The lowest BCUT2D eigenvalue weighted by atomic mass is 10.1. The fraction of sp³-hybridized carbons (Fsp3) is 0.857. The largest absolute Gasteiger partial charge is 0.480 e. The highest BCUT2D eigenvalue weighted by atomic mass is 16.4. The predicted octanol–water partition coefficient (Wildman–Crippen LogP) is -0.617. The third-order valence-electron chi connectivity index (χ3n) is 2.25. The number of aliphatic carboxylic acids is 1. The van der Waals surface area contributed by atoms with Gasteiger partial charge in [-0.1, -0.05) is 0 Å². The van der Waals surface area contributed by atoms with Gasteiger partial charge in [-0.25, -0.2) is 0 Å². The van der Waals surface area contributed by atoms with Crippen molar-refractivity contribution in [2.45, 2.75) is 18.9 Å². The zero-order valence-corrected chi connectivity index (χ0v) is 6.36. The van der Waals surface area contributed by atoms with Crippen LogP contribution in [-0.2, 0) is 4.79 Å². The van der Waals surface area contributed by atoms with E-state index in [4.69, 9.17) is 16.6 Å². The van der Waals surface area contributed by atoms with Crippen molar-refractivity contribution in [3.05, 3.63) is 0 Å². The van der Waals surface area contributed by atoms with Crippen molar-refractivity contribution in [1.82, 2.24) is 0 Å². The second-order valence-corrected chi connectivity index (χ2v) is 3.17. The monoisotopic (exact) mass is 158 g/mol. The van der Waals surface area contributed by atoms with Gasteiger partial charge in [0.05, 0.1) is 0 Å². The van der Waals surface area contributed by atoms with Crippen molar-refractivity contribution >= 4 is 5.97 Å². The molecule has 1 rings (SSSR count). The maximum Gasteiger partial charge on any atom is 0.320 e. The van der Waals surface area contributed by atoms with Crippen LogP contribution in [0.5, 0.6) is 0 Å². The van der Waals surface area contributed by atoms with Crippen molar-refractivity contribution < 1.29 is 9.90 Å². The molecule has 0 aromatic rings. The Morgan fingerprint density at radius 1 is 1.64 bits per heavy atom. The first-order valence-corrected chi connectivity index (χ1v) is 3.83. The Labute approximate surface area is 65.6 Å². The van der Waals surface area contributed by atoms with E-state index in [2.05, 4.69) is 0 Å². The second kappa shape index (κ2) is 3.19. The molecular formula is C7H14N2O2. The van der Waals surface area contributed by atoms with Crippen LogP contribution in [0.25, 0.3) is 0 Å². The van der Waals surface area contributed by atoms with E-state index in [1.807, 2.05) is 0 Å². The van der Waals surface area contributed by atoms with Crippen molar-refractivity contribution in [1.29, 1.82) is 0 Å². The van der Waals surface area contributed by atoms with E-state index < -0.39 is 12.0 Å². The highest BCUT2D eigenvalue weighted by molar-refractivity contribution is 5.73. The molecule has 0 aromatic carbocycles. The van der Waals surface area contributed by atoms with E-state index in [1.165, 1.54) is 0 Å². The summed E-state index contributed by atoms with van der Waals surface area (Å²) in [5.74, 6) is 0.0826. The van der Waals surface area contributed by atoms with Crippen molar-refractivity contribution in [2.24, 2.45) is 23.3 Å². The summed E-state index contributed by atoms with van der Waals surface area (Å²) in [6.45, 7) is 0.664. The van der Waals surface area contributed by atoms with Crippen molar-refractivity contribution in [3.63, 3.8) is 0 Å². The smallest absolute Gasteiger partial charge is 0.320 e. The van der Waals surface area contributed by atoms with Crippen LogP contribution in [0.3, 0.4) is 0 Å². The van der Waals surface area contributed by atoms with E-state index in [1.54, 1.807) is 0 Å². The summed E-state index contributed by atoms with van der Waals surface area (Å²) in [5.41, 5.74) is 10.7. The maximum atomic E-state index is 10.3. The summed E-state index contributed by atoms with van der Waals surface area (Å²) in [6, 6.07) is -0.698. The number of nitrogens with two attached hydrogens (primary N) is 2. The molecule has 3 atom stereocenters. The SMILES string of the molecule is NC[C@@H]1C[C@H]1C[C@H](N)C(=O)O. The number of carboxylic acids is 1. The highest BCUT2D eigenvalue weighted by Crippen LogP contribution is 2.40. The van der Waals surface area contributed by atoms with Gasteiger partial charge in [-0.05, 0) is 31.2 Å². The summed E-state index contributed by atoms with van der Waals surface area (Å²) in [5, 5.41) is 8.46. The number of carboxylic acid groups (broad SMARTS) is 1. The summed E-state index contributed by atoms with van der Waals surface area (Å²) in [7, 11) is 0. The van der Waals surface area contributed by atoms with Gasteiger partial charge in [0, 0.05) is 0 Å². The molecule has 0 heterocycles. The minimum atomic E-state index is -0.910. The van der Waals surface area contributed by atoms with Gasteiger partial charge in [0.25, 0.3) is 0 Å². The molecule has 11 heavy (non-hydrogen) atoms. The summed E-state index contributed by atoms with van der Waals surface area (Å²) in [4.78, 5) is 10.3. The van der Waals surface area contributed by atoms with E-state index in [0.29, 0.717) is 24.8 Å². The molecule has 1 saturated carbocycles. The van der Waals surface area contributed by atoms with Gasteiger partial charge in [0.2, 0.25) is 0 Å². The Hall–Kier alpha value is -0.610. The Bertz CT molecular complexity index is 161. The van der Waals surface area contributed by atoms with Crippen LogP contribution in [-0.4, -0.2) is 23.7 Å². The van der Waals surface area contributed by atoms with Gasteiger partial charge in [-0.2, -0.15) is 0 Å². The molecule has 1 aliphatic carbocycles. The Kier molecular flexibility index (Phi) is 2.46. The molecule has 1 aliphatic rings. The van der Waals surface area contributed by atoms with E-state index in [9.17, 15) is 4.79 Å². The molecule has 4 heteroatoms. The van der Waals surface area contributed by atoms with Crippen molar-refractivity contribution in [2.75, 3.05) is 6.54 Å². The molecule has 0 bridgehead atoms. The highest BCUT2D eigenvalue weighted by Gasteiger charge is 2.37. The lowest BCUT2D eigenvalue weighted by Gasteiger charge is -2.03. The van der Waals surface area contributed by atoms with Gasteiger partial charge >= 0.3 is 5.97 Å². The summed E-state index contributed by atoms with van der Waals surface area (Å²) in [6.07, 6.45) is 1.63. The molecule has 0 spiro atoms. The third kappa shape index (κ3) is 2.17. The molecule has 0 amide bonds. The minimum absolute atomic E-state index is 0.464. The topological polar surface area (TPSA) is 89.3 Å². The average molecular weight is 158 g/mol. The lowest BCUT2D eigenvalue weighted by molar-refractivity contribution is -0.138. The van der Waals surface area contributed by atoms with E-state index in [-0.39, 0.29) is 0 Å². The van der Waals surface area contributed by atoms with Gasteiger partial charge in [-0.15, -0.1) is 0 Å². The van der Waals surface area contributed by atoms with Crippen LogP contribution < -0.4 is 11.5 Å². The normalized spacial score (nSPS) is 31.5. The average Bonchev–Trinajstić information content (AvgIpc) is 2.67. The second-order valence-electron chi connectivity index (χ2n) is 3.17. The number of carbonyl (C=O) groups is 1.